The number of benzene rings is 3. The Hall–Kier alpha value is -2.90. The van der Waals surface area contributed by atoms with Crippen molar-refractivity contribution in [3.63, 3.8) is 0 Å². The Morgan fingerprint density at radius 2 is 1.69 bits per heavy atom. The van der Waals surface area contributed by atoms with Crippen molar-refractivity contribution in [1.82, 2.24) is 0 Å². The van der Waals surface area contributed by atoms with Crippen LogP contribution in [0.5, 0.6) is 5.75 Å². The average molecular weight is 428 g/mol. The fraction of sp³-hybridized carbons (Fsp3) is 0.0909. The molecule has 7 heteroatoms. The molecular weight excluding hydrogens is 409 g/mol. The summed E-state index contributed by atoms with van der Waals surface area (Å²) < 4.78 is 48.1. The van der Waals surface area contributed by atoms with Crippen molar-refractivity contribution in [3.05, 3.63) is 90.2 Å². The third kappa shape index (κ3) is 3.83. The van der Waals surface area contributed by atoms with E-state index in [-0.39, 0.29) is 17.2 Å². The molecule has 0 fully saturated rings. The molecule has 1 aromatic heterocycles. The second-order valence-corrected chi connectivity index (χ2v) is 9.34. The first-order valence-electron chi connectivity index (χ1n) is 8.88. The Bertz CT molecular complexity index is 1220. The normalized spacial score (nSPS) is 11.5. The number of rotatable bonds is 6. The Balaban J connectivity index is 1.83. The van der Waals surface area contributed by atoms with Crippen LogP contribution in [0, 0.1) is 5.82 Å². The number of sulfonamides is 1. The van der Waals surface area contributed by atoms with E-state index in [4.69, 9.17) is 4.74 Å². The number of methoxy groups -OCH3 is 1. The van der Waals surface area contributed by atoms with Gasteiger partial charge in [-0.3, -0.25) is 4.31 Å². The molecule has 0 N–H and O–H groups in total. The van der Waals surface area contributed by atoms with Crippen molar-refractivity contribution in [2.75, 3.05) is 11.4 Å². The summed E-state index contributed by atoms with van der Waals surface area (Å²) in [6.45, 7) is 0.0562. The van der Waals surface area contributed by atoms with Crippen LogP contribution >= 0.6 is 11.3 Å². The van der Waals surface area contributed by atoms with Gasteiger partial charge in [0.15, 0.2) is 11.6 Å². The van der Waals surface area contributed by atoms with E-state index in [0.29, 0.717) is 10.6 Å². The summed E-state index contributed by atoms with van der Waals surface area (Å²) >= 11 is 1.40. The molecule has 29 heavy (non-hydrogen) atoms. The molecule has 0 saturated carbocycles. The summed E-state index contributed by atoms with van der Waals surface area (Å²) in [5.41, 5.74) is 0.625. The number of nitrogens with zero attached hydrogens (tertiary/aromatic N) is 1. The maximum Gasteiger partial charge on any atom is 0.265 e. The zero-order valence-electron chi connectivity index (χ0n) is 15.6. The molecule has 3 aromatic carbocycles. The maximum atomic E-state index is 13.8. The number of thiophene rings is 1. The highest BCUT2D eigenvalue weighted by Crippen LogP contribution is 2.36. The van der Waals surface area contributed by atoms with E-state index in [0.717, 1.165) is 10.1 Å². The van der Waals surface area contributed by atoms with Crippen LogP contribution in [0.25, 0.3) is 10.1 Å². The van der Waals surface area contributed by atoms with E-state index in [1.165, 1.54) is 34.9 Å². The van der Waals surface area contributed by atoms with Gasteiger partial charge in [-0.2, -0.15) is 0 Å². The maximum absolute atomic E-state index is 13.8. The van der Waals surface area contributed by atoms with Gasteiger partial charge < -0.3 is 4.74 Å². The highest BCUT2D eigenvalue weighted by atomic mass is 32.2. The molecule has 0 amide bonds. The average Bonchev–Trinajstić information content (AvgIpc) is 3.17. The third-order valence-corrected chi connectivity index (χ3v) is 7.56. The van der Waals surface area contributed by atoms with Crippen LogP contribution in [-0.2, 0) is 16.6 Å². The molecule has 0 atom stereocenters. The Morgan fingerprint density at radius 3 is 2.41 bits per heavy atom. The Kier molecular flexibility index (Phi) is 5.25. The highest BCUT2D eigenvalue weighted by Gasteiger charge is 2.27. The largest absolute Gasteiger partial charge is 0.494 e. The van der Waals surface area contributed by atoms with Crippen LogP contribution < -0.4 is 9.04 Å². The SMILES string of the molecule is COc1cc(CN(c2cc3ccccc3s2)S(=O)(=O)c2ccccc2)ccc1F. The molecule has 0 aliphatic carbocycles. The van der Waals surface area contributed by atoms with Crippen molar-refractivity contribution < 1.29 is 17.5 Å². The second kappa shape index (κ2) is 7.85. The van der Waals surface area contributed by atoms with Crippen molar-refractivity contribution >= 4 is 36.4 Å². The summed E-state index contributed by atoms with van der Waals surface area (Å²) in [7, 11) is -2.44. The van der Waals surface area contributed by atoms with Crippen LogP contribution in [-0.4, -0.2) is 15.5 Å². The van der Waals surface area contributed by atoms with Crippen molar-refractivity contribution in [3.8, 4) is 5.75 Å². The zero-order valence-corrected chi connectivity index (χ0v) is 17.2. The van der Waals surface area contributed by atoms with E-state index in [1.807, 2.05) is 30.3 Å². The Labute approximate surface area is 172 Å². The summed E-state index contributed by atoms with van der Waals surface area (Å²) in [4.78, 5) is 0.200. The van der Waals surface area contributed by atoms with E-state index in [2.05, 4.69) is 0 Å². The molecule has 0 aliphatic heterocycles. The minimum atomic E-state index is -3.82. The summed E-state index contributed by atoms with van der Waals surface area (Å²) in [6, 6.07) is 22.3. The van der Waals surface area contributed by atoms with Gasteiger partial charge >= 0.3 is 0 Å². The van der Waals surface area contributed by atoms with E-state index >= 15 is 0 Å². The molecule has 0 spiro atoms. The molecule has 0 unspecified atom stereocenters. The molecular formula is C22H18FNO3S2. The Morgan fingerprint density at radius 1 is 0.966 bits per heavy atom. The summed E-state index contributed by atoms with van der Waals surface area (Å²) in [6.07, 6.45) is 0. The van der Waals surface area contributed by atoms with E-state index < -0.39 is 15.8 Å². The number of ether oxygens (including phenoxy) is 1. The molecule has 0 saturated heterocycles. The number of hydrogen-bond donors (Lipinski definition) is 0. The van der Waals surface area contributed by atoms with Gasteiger partial charge in [0, 0.05) is 4.70 Å². The first kappa shape index (κ1) is 19.4. The van der Waals surface area contributed by atoms with Gasteiger partial charge in [0.2, 0.25) is 0 Å². The number of hydrogen-bond acceptors (Lipinski definition) is 4. The molecule has 4 aromatic rings. The predicted molar refractivity (Wildman–Crippen MR) is 115 cm³/mol. The van der Waals surface area contributed by atoms with Crippen molar-refractivity contribution in [2.24, 2.45) is 0 Å². The number of anilines is 1. The number of halogens is 1. The van der Waals surface area contributed by atoms with Crippen LogP contribution in [0.15, 0.2) is 83.8 Å². The van der Waals surface area contributed by atoms with Gasteiger partial charge in [0.05, 0.1) is 18.6 Å². The fourth-order valence-corrected chi connectivity index (χ4v) is 5.80. The summed E-state index contributed by atoms with van der Waals surface area (Å²) in [5.74, 6) is -0.411. The van der Waals surface area contributed by atoms with E-state index in [9.17, 15) is 12.8 Å². The smallest absolute Gasteiger partial charge is 0.265 e. The monoisotopic (exact) mass is 427 g/mol. The molecule has 0 bridgehead atoms. The summed E-state index contributed by atoms with van der Waals surface area (Å²) in [5, 5.41) is 1.57. The topological polar surface area (TPSA) is 46.6 Å². The van der Waals surface area contributed by atoms with Crippen LogP contribution in [0.3, 0.4) is 0 Å². The highest BCUT2D eigenvalue weighted by molar-refractivity contribution is 7.93. The molecule has 148 valence electrons. The lowest BCUT2D eigenvalue weighted by Crippen LogP contribution is -2.29. The minimum absolute atomic E-state index is 0.0562. The standard InChI is InChI=1S/C22H18FNO3S2/c1-27-20-13-16(11-12-19(20)23)15-24(29(25,26)18-8-3-2-4-9-18)22-14-17-7-5-6-10-21(17)28-22/h2-14H,15H2,1H3. The molecule has 4 rings (SSSR count). The van der Waals surface area contributed by atoms with Gasteiger partial charge in [0.1, 0.15) is 5.00 Å². The fourth-order valence-electron chi connectivity index (χ4n) is 3.06. The van der Waals surface area contributed by atoms with E-state index in [1.54, 1.807) is 36.4 Å². The van der Waals surface area contributed by atoms with Crippen molar-refractivity contribution in [1.29, 1.82) is 0 Å². The second-order valence-electron chi connectivity index (χ2n) is 6.42. The van der Waals surface area contributed by atoms with Gasteiger partial charge in [0.25, 0.3) is 10.0 Å². The molecule has 1 heterocycles. The minimum Gasteiger partial charge on any atom is -0.494 e. The lowest BCUT2D eigenvalue weighted by atomic mass is 10.2. The molecule has 0 radical (unpaired) electrons. The third-order valence-electron chi connectivity index (χ3n) is 4.53. The van der Waals surface area contributed by atoms with Crippen LogP contribution in [0.1, 0.15) is 5.56 Å². The van der Waals surface area contributed by atoms with Gasteiger partial charge in [-0.15, -0.1) is 11.3 Å². The molecule has 4 nitrogen and oxygen atoms in total. The van der Waals surface area contributed by atoms with Crippen LogP contribution in [0.2, 0.25) is 0 Å². The lowest BCUT2D eigenvalue weighted by Gasteiger charge is -2.23. The van der Waals surface area contributed by atoms with Gasteiger partial charge in [-0.1, -0.05) is 42.5 Å². The first-order valence-corrected chi connectivity index (χ1v) is 11.1. The molecule has 0 aliphatic rings. The first-order chi connectivity index (χ1) is 14.0. The predicted octanol–water partition coefficient (Wildman–Crippen LogP) is 5.44. The van der Waals surface area contributed by atoms with Crippen LogP contribution in [0.4, 0.5) is 9.39 Å². The van der Waals surface area contributed by atoms with Gasteiger partial charge in [-0.05, 0) is 47.3 Å². The van der Waals surface area contributed by atoms with Gasteiger partial charge in [-0.25, -0.2) is 12.8 Å². The van der Waals surface area contributed by atoms with Crippen molar-refractivity contribution in [2.45, 2.75) is 11.4 Å². The number of fused-ring (bicyclic) bond motifs is 1. The zero-order chi connectivity index (χ0) is 20.4. The lowest BCUT2D eigenvalue weighted by molar-refractivity contribution is 0.386. The quantitative estimate of drug-likeness (QED) is 0.411.